The fourth-order valence-corrected chi connectivity index (χ4v) is 1.69. The van der Waals surface area contributed by atoms with E-state index in [-0.39, 0.29) is 5.91 Å². The minimum Gasteiger partial charge on any atom is -0.399 e. The number of aryl methyl sites for hydroxylation is 2. The van der Waals surface area contributed by atoms with Crippen LogP contribution in [0.15, 0.2) is 18.2 Å². The largest absolute Gasteiger partial charge is 0.399 e. The van der Waals surface area contributed by atoms with E-state index in [0.717, 1.165) is 36.2 Å². The summed E-state index contributed by atoms with van der Waals surface area (Å²) in [7, 11) is 0. The van der Waals surface area contributed by atoms with Crippen molar-refractivity contribution in [3.8, 4) is 0 Å². The van der Waals surface area contributed by atoms with E-state index in [2.05, 4.69) is 19.2 Å². The molecule has 3 nitrogen and oxygen atoms in total. The quantitative estimate of drug-likeness (QED) is 0.760. The highest BCUT2D eigenvalue weighted by molar-refractivity contribution is 5.76. The van der Waals surface area contributed by atoms with Crippen LogP contribution >= 0.6 is 0 Å². The predicted molar refractivity (Wildman–Crippen MR) is 76.4 cm³/mol. The summed E-state index contributed by atoms with van der Waals surface area (Å²) in [6, 6.07) is 5.99. The minimum atomic E-state index is 0.120. The zero-order valence-electron chi connectivity index (χ0n) is 11.6. The molecule has 0 saturated carbocycles. The predicted octanol–water partition coefficient (Wildman–Crippen LogP) is 2.67. The van der Waals surface area contributed by atoms with Crippen LogP contribution < -0.4 is 11.1 Å². The number of carbonyl (C=O) groups excluding carboxylic acids is 1. The average molecular weight is 248 g/mol. The molecule has 0 atom stereocenters. The van der Waals surface area contributed by atoms with Crippen molar-refractivity contribution in [1.29, 1.82) is 0 Å². The molecule has 1 aromatic rings. The van der Waals surface area contributed by atoms with E-state index in [1.807, 2.05) is 25.1 Å². The SMILES string of the molecule is Cc1ccc(CCC(=O)NCCC(C)C)cc1N. The van der Waals surface area contributed by atoms with Crippen LogP contribution in [0.3, 0.4) is 0 Å². The molecular formula is C15H24N2O. The Morgan fingerprint density at radius 3 is 2.72 bits per heavy atom. The number of hydrogen-bond acceptors (Lipinski definition) is 2. The molecule has 0 aliphatic heterocycles. The fourth-order valence-electron chi connectivity index (χ4n) is 1.69. The molecule has 0 aliphatic rings. The Morgan fingerprint density at radius 2 is 2.11 bits per heavy atom. The summed E-state index contributed by atoms with van der Waals surface area (Å²) in [6.07, 6.45) is 2.31. The Morgan fingerprint density at radius 1 is 1.39 bits per heavy atom. The lowest BCUT2D eigenvalue weighted by Gasteiger charge is -2.08. The molecule has 0 fully saturated rings. The van der Waals surface area contributed by atoms with E-state index in [1.165, 1.54) is 0 Å². The Hall–Kier alpha value is -1.51. The van der Waals surface area contributed by atoms with Crippen molar-refractivity contribution in [3.05, 3.63) is 29.3 Å². The number of nitrogen functional groups attached to an aromatic ring is 1. The third kappa shape index (κ3) is 5.21. The van der Waals surface area contributed by atoms with Gasteiger partial charge in [0.25, 0.3) is 0 Å². The number of amides is 1. The van der Waals surface area contributed by atoms with Gasteiger partial charge in [-0.2, -0.15) is 0 Å². The first-order valence-electron chi connectivity index (χ1n) is 6.60. The number of anilines is 1. The normalized spacial score (nSPS) is 10.7. The van der Waals surface area contributed by atoms with Gasteiger partial charge >= 0.3 is 0 Å². The van der Waals surface area contributed by atoms with Crippen LogP contribution in [0.1, 0.15) is 37.8 Å². The summed E-state index contributed by atoms with van der Waals surface area (Å²) in [5.41, 5.74) is 8.84. The summed E-state index contributed by atoms with van der Waals surface area (Å²) in [4.78, 5) is 11.6. The summed E-state index contributed by atoms with van der Waals surface area (Å²) in [6.45, 7) is 7.06. The maximum atomic E-state index is 11.6. The first-order chi connectivity index (χ1) is 8.49. The van der Waals surface area contributed by atoms with Gasteiger partial charge in [-0.15, -0.1) is 0 Å². The highest BCUT2D eigenvalue weighted by atomic mass is 16.1. The lowest BCUT2D eigenvalue weighted by Crippen LogP contribution is -2.25. The number of carbonyl (C=O) groups is 1. The lowest BCUT2D eigenvalue weighted by molar-refractivity contribution is -0.121. The van der Waals surface area contributed by atoms with Gasteiger partial charge < -0.3 is 11.1 Å². The maximum absolute atomic E-state index is 11.6. The maximum Gasteiger partial charge on any atom is 0.220 e. The number of nitrogens with one attached hydrogen (secondary N) is 1. The van der Waals surface area contributed by atoms with Gasteiger partial charge in [-0.1, -0.05) is 26.0 Å². The van der Waals surface area contributed by atoms with Crippen LogP contribution in [0, 0.1) is 12.8 Å². The van der Waals surface area contributed by atoms with Crippen LogP contribution in [0.25, 0.3) is 0 Å². The second kappa shape index (κ2) is 7.04. The standard InChI is InChI=1S/C15H24N2O/c1-11(2)8-9-17-15(18)7-6-13-5-4-12(3)14(16)10-13/h4-5,10-11H,6-9,16H2,1-3H3,(H,17,18). The van der Waals surface area contributed by atoms with Crippen LogP contribution in [-0.4, -0.2) is 12.5 Å². The molecule has 3 N–H and O–H groups in total. The summed E-state index contributed by atoms with van der Waals surface area (Å²) in [5, 5.41) is 2.94. The molecule has 1 amide bonds. The molecule has 3 heteroatoms. The monoisotopic (exact) mass is 248 g/mol. The Kier molecular flexibility index (Phi) is 5.69. The molecule has 18 heavy (non-hydrogen) atoms. The van der Waals surface area contributed by atoms with Crippen molar-refractivity contribution in [2.24, 2.45) is 5.92 Å². The van der Waals surface area contributed by atoms with Gasteiger partial charge in [0.1, 0.15) is 0 Å². The van der Waals surface area contributed by atoms with E-state index in [9.17, 15) is 4.79 Å². The first-order valence-corrected chi connectivity index (χ1v) is 6.60. The molecular weight excluding hydrogens is 224 g/mol. The van der Waals surface area contributed by atoms with Gasteiger partial charge in [0.05, 0.1) is 0 Å². The van der Waals surface area contributed by atoms with Crippen LogP contribution in [-0.2, 0) is 11.2 Å². The minimum absolute atomic E-state index is 0.120. The van der Waals surface area contributed by atoms with Gasteiger partial charge in [0.2, 0.25) is 5.91 Å². The number of hydrogen-bond donors (Lipinski definition) is 2. The molecule has 1 aromatic carbocycles. The molecule has 0 bridgehead atoms. The molecule has 100 valence electrons. The molecule has 0 aliphatic carbocycles. The molecule has 0 spiro atoms. The molecule has 0 unspecified atom stereocenters. The summed E-state index contributed by atoms with van der Waals surface area (Å²) >= 11 is 0. The smallest absolute Gasteiger partial charge is 0.220 e. The van der Waals surface area contributed by atoms with Crippen molar-refractivity contribution < 1.29 is 4.79 Å². The van der Waals surface area contributed by atoms with Crippen molar-refractivity contribution in [2.75, 3.05) is 12.3 Å². The van der Waals surface area contributed by atoms with Crippen LogP contribution in [0.2, 0.25) is 0 Å². The van der Waals surface area contributed by atoms with Gasteiger partial charge in [0.15, 0.2) is 0 Å². The second-order valence-electron chi connectivity index (χ2n) is 5.22. The molecule has 0 radical (unpaired) electrons. The highest BCUT2D eigenvalue weighted by Gasteiger charge is 2.03. The topological polar surface area (TPSA) is 55.1 Å². The number of nitrogens with two attached hydrogens (primary N) is 1. The summed E-state index contributed by atoms with van der Waals surface area (Å²) in [5.74, 6) is 0.747. The van der Waals surface area contributed by atoms with E-state index in [4.69, 9.17) is 5.73 Å². The average Bonchev–Trinajstić information content (AvgIpc) is 2.30. The third-order valence-electron chi connectivity index (χ3n) is 3.03. The van der Waals surface area contributed by atoms with Gasteiger partial charge in [-0.05, 0) is 42.9 Å². The van der Waals surface area contributed by atoms with Crippen molar-refractivity contribution in [1.82, 2.24) is 5.32 Å². The zero-order chi connectivity index (χ0) is 13.5. The highest BCUT2D eigenvalue weighted by Crippen LogP contribution is 2.14. The fraction of sp³-hybridized carbons (Fsp3) is 0.533. The van der Waals surface area contributed by atoms with Gasteiger partial charge in [-0.3, -0.25) is 4.79 Å². The molecule has 0 heterocycles. The summed E-state index contributed by atoms with van der Waals surface area (Å²) < 4.78 is 0. The molecule has 1 rings (SSSR count). The van der Waals surface area contributed by atoms with Gasteiger partial charge in [0, 0.05) is 18.7 Å². The molecule has 0 saturated heterocycles. The van der Waals surface area contributed by atoms with Crippen molar-refractivity contribution in [2.45, 2.75) is 40.0 Å². The van der Waals surface area contributed by atoms with E-state index < -0.39 is 0 Å². The third-order valence-corrected chi connectivity index (χ3v) is 3.03. The first kappa shape index (κ1) is 14.6. The zero-order valence-corrected chi connectivity index (χ0v) is 11.6. The number of rotatable bonds is 6. The second-order valence-corrected chi connectivity index (χ2v) is 5.22. The lowest BCUT2D eigenvalue weighted by atomic mass is 10.1. The Labute approximate surface area is 110 Å². The Bertz CT molecular complexity index is 399. The van der Waals surface area contributed by atoms with E-state index in [1.54, 1.807) is 0 Å². The molecule has 0 aromatic heterocycles. The van der Waals surface area contributed by atoms with Crippen LogP contribution in [0.5, 0.6) is 0 Å². The van der Waals surface area contributed by atoms with Crippen LogP contribution in [0.4, 0.5) is 5.69 Å². The Balaban J connectivity index is 2.31. The van der Waals surface area contributed by atoms with Gasteiger partial charge in [-0.25, -0.2) is 0 Å². The van der Waals surface area contributed by atoms with E-state index in [0.29, 0.717) is 12.3 Å². The van der Waals surface area contributed by atoms with Crippen molar-refractivity contribution in [3.63, 3.8) is 0 Å². The number of benzene rings is 1. The van der Waals surface area contributed by atoms with Crippen molar-refractivity contribution >= 4 is 11.6 Å². The van der Waals surface area contributed by atoms with E-state index >= 15 is 0 Å².